The van der Waals surface area contributed by atoms with Crippen molar-refractivity contribution in [1.82, 2.24) is 10.3 Å². The molecule has 0 unspecified atom stereocenters. The fraction of sp³-hybridized carbons (Fsp3) is 0.412. The van der Waals surface area contributed by atoms with Gasteiger partial charge in [0.1, 0.15) is 5.75 Å². The van der Waals surface area contributed by atoms with Crippen LogP contribution in [-0.2, 0) is 24.2 Å². The molecule has 22 heavy (non-hydrogen) atoms. The molecule has 1 aromatic carbocycles. The summed E-state index contributed by atoms with van der Waals surface area (Å²) < 4.78 is 0. The van der Waals surface area contributed by atoms with Crippen LogP contribution in [0.2, 0.25) is 0 Å². The number of nitrogens with zero attached hydrogens (tertiary/aromatic N) is 1. The molecule has 0 radical (unpaired) electrons. The van der Waals surface area contributed by atoms with E-state index in [2.05, 4.69) is 17.2 Å². The van der Waals surface area contributed by atoms with Crippen LogP contribution in [0.4, 0.5) is 0 Å². The van der Waals surface area contributed by atoms with Gasteiger partial charge in [-0.25, -0.2) is 4.98 Å². The molecule has 0 fully saturated rings. The van der Waals surface area contributed by atoms with Crippen LogP contribution in [0.3, 0.4) is 0 Å². The fourth-order valence-corrected chi connectivity index (χ4v) is 3.27. The number of phenolic OH excluding ortho intramolecular Hbond substituents is 1. The highest BCUT2D eigenvalue weighted by atomic mass is 32.1. The Bertz CT molecular complexity index is 620. The van der Waals surface area contributed by atoms with E-state index in [9.17, 15) is 9.90 Å². The van der Waals surface area contributed by atoms with Gasteiger partial charge in [0.25, 0.3) is 0 Å². The van der Waals surface area contributed by atoms with E-state index in [1.54, 1.807) is 23.5 Å². The summed E-state index contributed by atoms with van der Waals surface area (Å²) in [5.41, 5.74) is 2.07. The Balaban J connectivity index is 1.79. The first-order valence-electron chi connectivity index (χ1n) is 7.58. The van der Waals surface area contributed by atoms with Crippen molar-refractivity contribution in [2.24, 2.45) is 0 Å². The molecule has 0 aliphatic rings. The number of thiazole rings is 1. The molecule has 0 saturated carbocycles. The third kappa shape index (κ3) is 4.84. The van der Waals surface area contributed by atoms with Crippen molar-refractivity contribution in [2.75, 3.05) is 0 Å². The standard InChI is InChI=1S/C17H22N2O2S/c1-3-4-17-19-12(2)15(22-17)11-18-16(21)10-7-13-5-8-14(20)9-6-13/h5-6,8-9,20H,3-4,7,10-11H2,1-2H3,(H,18,21). The van der Waals surface area contributed by atoms with E-state index >= 15 is 0 Å². The SMILES string of the molecule is CCCc1nc(C)c(CNC(=O)CCc2ccc(O)cc2)s1. The number of aromatic nitrogens is 1. The van der Waals surface area contributed by atoms with E-state index in [0.29, 0.717) is 19.4 Å². The van der Waals surface area contributed by atoms with Gasteiger partial charge in [-0.05, 0) is 43.9 Å². The van der Waals surface area contributed by atoms with E-state index in [4.69, 9.17) is 0 Å². The number of phenols is 1. The monoisotopic (exact) mass is 318 g/mol. The number of hydrogen-bond acceptors (Lipinski definition) is 4. The van der Waals surface area contributed by atoms with E-state index in [0.717, 1.165) is 34.0 Å². The average molecular weight is 318 g/mol. The van der Waals surface area contributed by atoms with Crippen LogP contribution in [0.5, 0.6) is 5.75 Å². The number of rotatable bonds is 7. The zero-order chi connectivity index (χ0) is 15.9. The molecule has 0 saturated heterocycles. The Morgan fingerprint density at radius 2 is 2.00 bits per heavy atom. The molecule has 2 N–H and O–H groups in total. The number of carbonyl (C=O) groups is 1. The van der Waals surface area contributed by atoms with Crippen LogP contribution in [0.15, 0.2) is 24.3 Å². The summed E-state index contributed by atoms with van der Waals surface area (Å²) in [6.45, 7) is 4.69. The molecule has 0 atom stereocenters. The highest BCUT2D eigenvalue weighted by molar-refractivity contribution is 7.11. The van der Waals surface area contributed by atoms with Crippen LogP contribution < -0.4 is 5.32 Å². The lowest BCUT2D eigenvalue weighted by atomic mass is 10.1. The van der Waals surface area contributed by atoms with Gasteiger partial charge in [0.2, 0.25) is 5.91 Å². The number of aryl methyl sites for hydroxylation is 3. The lowest BCUT2D eigenvalue weighted by Gasteiger charge is -2.04. The Morgan fingerprint density at radius 1 is 1.27 bits per heavy atom. The second-order valence-electron chi connectivity index (χ2n) is 5.31. The third-order valence-corrected chi connectivity index (χ3v) is 4.64. The number of benzene rings is 1. The molecule has 0 aliphatic heterocycles. The highest BCUT2D eigenvalue weighted by Crippen LogP contribution is 2.19. The number of carbonyl (C=O) groups excluding carboxylic acids is 1. The summed E-state index contributed by atoms with van der Waals surface area (Å²) in [5.74, 6) is 0.287. The average Bonchev–Trinajstić information content (AvgIpc) is 2.85. The predicted molar refractivity (Wildman–Crippen MR) is 89.1 cm³/mol. The molecule has 0 aliphatic carbocycles. The Hall–Kier alpha value is -1.88. The largest absolute Gasteiger partial charge is 0.508 e. The number of nitrogens with one attached hydrogen (secondary N) is 1. The summed E-state index contributed by atoms with van der Waals surface area (Å²) >= 11 is 1.69. The van der Waals surface area contributed by atoms with Gasteiger partial charge in [-0.1, -0.05) is 19.1 Å². The first kappa shape index (κ1) is 16.5. The van der Waals surface area contributed by atoms with Crippen molar-refractivity contribution in [3.8, 4) is 5.75 Å². The molecule has 1 aromatic heterocycles. The normalized spacial score (nSPS) is 10.6. The predicted octanol–water partition coefficient (Wildman–Crippen LogP) is 3.36. The molecule has 118 valence electrons. The lowest BCUT2D eigenvalue weighted by molar-refractivity contribution is -0.121. The number of aromatic hydroxyl groups is 1. The van der Waals surface area contributed by atoms with Gasteiger partial charge in [-0.3, -0.25) is 4.79 Å². The first-order chi connectivity index (χ1) is 10.6. The van der Waals surface area contributed by atoms with Crippen molar-refractivity contribution in [3.63, 3.8) is 0 Å². The minimum absolute atomic E-state index is 0.0397. The molecule has 0 spiro atoms. The van der Waals surface area contributed by atoms with Gasteiger partial charge < -0.3 is 10.4 Å². The fourth-order valence-electron chi connectivity index (χ4n) is 2.16. The van der Waals surface area contributed by atoms with Crippen LogP contribution in [0.1, 0.15) is 40.9 Å². The molecule has 5 heteroatoms. The van der Waals surface area contributed by atoms with Gasteiger partial charge in [0.15, 0.2) is 0 Å². The van der Waals surface area contributed by atoms with E-state index in [1.807, 2.05) is 19.1 Å². The van der Waals surface area contributed by atoms with Crippen LogP contribution in [-0.4, -0.2) is 16.0 Å². The molecule has 2 aromatic rings. The minimum atomic E-state index is 0.0397. The van der Waals surface area contributed by atoms with Gasteiger partial charge in [-0.2, -0.15) is 0 Å². The lowest BCUT2D eigenvalue weighted by Crippen LogP contribution is -2.22. The summed E-state index contributed by atoms with van der Waals surface area (Å²) in [4.78, 5) is 17.6. The summed E-state index contributed by atoms with van der Waals surface area (Å²) in [6.07, 6.45) is 3.21. The third-order valence-electron chi connectivity index (χ3n) is 3.42. The highest BCUT2D eigenvalue weighted by Gasteiger charge is 2.09. The maximum atomic E-state index is 11.9. The Labute approximate surface area is 135 Å². The van der Waals surface area contributed by atoms with Crippen molar-refractivity contribution in [3.05, 3.63) is 45.4 Å². The van der Waals surface area contributed by atoms with E-state index in [1.165, 1.54) is 0 Å². The van der Waals surface area contributed by atoms with Crippen molar-refractivity contribution < 1.29 is 9.90 Å². The first-order valence-corrected chi connectivity index (χ1v) is 8.40. The molecule has 1 heterocycles. The minimum Gasteiger partial charge on any atom is -0.508 e. The topological polar surface area (TPSA) is 62.2 Å². The van der Waals surface area contributed by atoms with Gasteiger partial charge >= 0.3 is 0 Å². The zero-order valence-electron chi connectivity index (χ0n) is 13.1. The Kier molecular flexibility index (Phi) is 5.95. The van der Waals surface area contributed by atoms with Gasteiger partial charge in [0, 0.05) is 11.3 Å². The summed E-state index contributed by atoms with van der Waals surface area (Å²) in [6, 6.07) is 6.96. The second kappa shape index (κ2) is 7.94. The maximum Gasteiger partial charge on any atom is 0.220 e. The second-order valence-corrected chi connectivity index (χ2v) is 6.48. The van der Waals surface area contributed by atoms with Gasteiger partial charge in [0.05, 0.1) is 17.2 Å². The van der Waals surface area contributed by atoms with Crippen LogP contribution in [0.25, 0.3) is 0 Å². The van der Waals surface area contributed by atoms with Crippen LogP contribution >= 0.6 is 11.3 Å². The van der Waals surface area contributed by atoms with E-state index in [-0.39, 0.29) is 11.7 Å². The molecule has 4 nitrogen and oxygen atoms in total. The Morgan fingerprint density at radius 3 is 2.68 bits per heavy atom. The number of amides is 1. The zero-order valence-corrected chi connectivity index (χ0v) is 13.9. The van der Waals surface area contributed by atoms with Crippen molar-refractivity contribution >= 4 is 17.2 Å². The van der Waals surface area contributed by atoms with E-state index < -0.39 is 0 Å². The summed E-state index contributed by atoms with van der Waals surface area (Å²) in [7, 11) is 0. The molecule has 1 amide bonds. The number of hydrogen-bond donors (Lipinski definition) is 2. The van der Waals surface area contributed by atoms with Crippen molar-refractivity contribution in [1.29, 1.82) is 0 Å². The molecular formula is C17H22N2O2S. The molecule has 0 bridgehead atoms. The molecular weight excluding hydrogens is 296 g/mol. The maximum absolute atomic E-state index is 11.9. The van der Waals surface area contributed by atoms with Crippen LogP contribution in [0, 0.1) is 6.92 Å². The quantitative estimate of drug-likeness (QED) is 0.823. The molecule has 2 rings (SSSR count). The van der Waals surface area contributed by atoms with Gasteiger partial charge in [-0.15, -0.1) is 11.3 Å². The smallest absolute Gasteiger partial charge is 0.220 e. The summed E-state index contributed by atoms with van der Waals surface area (Å²) in [5, 5.41) is 13.3. The van der Waals surface area contributed by atoms with Crippen molar-refractivity contribution in [2.45, 2.75) is 46.1 Å².